The van der Waals surface area contributed by atoms with Crippen molar-refractivity contribution >= 4 is 46.1 Å². The van der Waals surface area contributed by atoms with E-state index in [0.717, 1.165) is 25.1 Å². The number of carbonyl (C=O) groups excluding carboxylic acids is 2. The van der Waals surface area contributed by atoms with Crippen LogP contribution >= 0.6 is 0 Å². The van der Waals surface area contributed by atoms with Crippen LogP contribution in [-0.4, -0.2) is 55.5 Å². The molecule has 3 aromatic rings. The Labute approximate surface area is 233 Å². The largest absolute Gasteiger partial charge is 0.481 e. The van der Waals surface area contributed by atoms with Crippen molar-refractivity contribution in [1.29, 1.82) is 0 Å². The average Bonchev–Trinajstić information content (AvgIpc) is 3.23. The molecule has 0 aromatic heterocycles. The molecule has 0 aliphatic carbocycles. The number of halogens is 1. The molecule has 9 heteroatoms. The molecule has 0 saturated carbocycles. The van der Waals surface area contributed by atoms with Crippen molar-refractivity contribution in [2.45, 2.75) is 25.7 Å². The highest BCUT2D eigenvalue weighted by molar-refractivity contribution is 6.37. The SMILES string of the molecule is CN(C)CCCCC(=O)N(C)c1ccc(N/C(=C2\C(=O)Nc3cc(F)ccc32)c2cccc(CC(=O)O)c2)cc1. The smallest absolute Gasteiger partial charge is 0.307 e. The number of aliphatic carboxylic acids is 1. The Balaban J connectivity index is 1.63. The Hall–Kier alpha value is -4.50. The number of nitrogens with zero attached hydrogens (tertiary/aromatic N) is 2. The lowest BCUT2D eigenvalue weighted by molar-refractivity contribution is -0.136. The Morgan fingerprint density at radius 3 is 2.42 bits per heavy atom. The van der Waals surface area contributed by atoms with E-state index in [9.17, 15) is 23.9 Å². The molecule has 4 rings (SSSR count). The zero-order valence-electron chi connectivity index (χ0n) is 22.8. The highest BCUT2D eigenvalue weighted by atomic mass is 19.1. The van der Waals surface area contributed by atoms with E-state index >= 15 is 0 Å². The van der Waals surface area contributed by atoms with E-state index < -0.39 is 17.7 Å². The molecule has 2 amide bonds. The topological polar surface area (TPSA) is 102 Å². The van der Waals surface area contributed by atoms with Crippen LogP contribution in [0, 0.1) is 5.82 Å². The fourth-order valence-corrected chi connectivity index (χ4v) is 4.61. The highest BCUT2D eigenvalue weighted by Gasteiger charge is 2.29. The number of anilines is 3. The summed E-state index contributed by atoms with van der Waals surface area (Å²) in [6.07, 6.45) is 2.05. The standard InChI is InChI=1S/C31H33FN4O4/c1-35(2)16-5-4-9-27(37)36(3)24-13-11-23(12-14-24)33-30(21-8-6-7-20(17-21)18-28(38)39)29-25-15-10-22(32)19-26(25)34-31(29)40/h6-8,10-15,17,19,33H,4-5,9,16,18H2,1-3H3,(H,34,40)(H,38,39)/b30-29-. The number of carboxylic acid groups (broad SMARTS) is 1. The van der Waals surface area contributed by atoms with Gasteiger partial charge in [-0.3, -0.25) is 14.4 Å². The summed E-state index contributed by atoms with van der Waals surface area (Å²) in [6.45, 7) is 0.936. The summed E-state index contributed by atoms with van der Waals surface area (Å²) in [6, 6.07) is 18.3. The summed E-state index contributed by atoms with van der Waals surface area (Å²) in [7, 11) is 5.77. The summed E-state index contributed by atoms with van der Waals surface area (Å²) in [5, 5.41) is 15.3. The first-order valence-electron chi connectivity index (χ1n) is 13.1. The molecule has 0 fully saturated rings. The lowest BCUT2D eigenvalue weighted by Crippen LogP contribution is -2.26. The molecule has 0 spiro atoms. The normalized spacial score (nSPS) is 13.6. The van der Waals surface area contributed by atoms with E-state index in [0.29, 0.717) is 45.8 Å². The molecule has 0 bridgehead atoms. The second-order valence-corrected chi connectivity index (χ2v) is 10.0. The van der Waals surface area contributed by atoms with Gasteiger partial charge in [-0.15, -0.1) is 0 Å². The van der Waals surface area contributed by atoms with Gasteiger partial charge in [-0.1, -0.05) is 18.2 Å². The minimum Gasteiger partial charge on any atom is -0.481 e. The molecule has 208 valence electrons. The van der Waals surface area contributed by atoms with Crippen molar-refractivity contribution in [3.8, 4) is 0 Å². The number of carboxylic acids is 1. The first-order valence-corrected chi connectivity index (χ1v) is 13.1. The number of fused-ring (bicyclic) bond motifs is 1. The van der Waals surface area contributed by atoms with Crippen LogP contribution in [0.4, 0.5) is 21.5 Å². The molecule has 3 aromatic carbocycles. The van der Waals surface area contributed by atoms with Crippen LogP contribution < -0.4 is 15.5 Å². The van der Waals surface area contributed by atoms with Gasteiger partial charge < -0.3 is 25.5 Å². The van der Waals surface area contributed by atoms with Gasteiger partial charge in [-0.25, -0.2) is 4.39 Å². The zero-order valence-corrected chi connectivity index (χ0v) is 22.8. The molecule has 0 atom stereocenters. The van der Waals surface area contributed by atoms with Crippen LogP contribution in [-0.2, 0) is 20.8 Å². The van der Waals surface area contributed by atoms with Gasteiger partial charge in [-0.05, 0) is 93.1 Å². The molecule has 40 heavy (non-hydrogen) atoms. The van der Waals surface area contributed by atoms with Gasteiger partial charge in [0.05, 0.1) is 23.4 Å². The second kappa shape index (κ2) is 12.6. The molecule has 8 nitrogen and oxygen atoms in total. The third kappa shape index (κ3) is 6.92. The van der Waals surface area contributed by atoms with Crippen LogP contribution in [0.1, 0.15) is 36.0 Å². The van der Waals surface area contributed by atoms with Gasteiger partial charge in [0.2, 0.25) is 5.91 Å². The predicted octanol–water partition coefficient (Wildman–Crippen LogP) is 5.08. The maximum absolute atomic E-state index is 13.9. The monoisotopic (exact) mass is 544 g/mol. The maximum atomic E-state index is 13.9. The van der Waals surface area contributed by atoms with Gasteiger partial charge in [0.25, 0.3) is 5.91 Å². The predicted molar refractivity (Wildman–Crippen MR) is 156 cm³/mol. The molecular formula is C31H33FN4O4. The minimum absolute atomic E-state index is 0.0315. The van der Waals surface area contributed by atoms with Gasteiger partial charge in [0.15, 0.2) is 0 Å². The fourth-order valence-electron chi connectivity index (χ4n) is 4.61. The zero-order chi connectivity index (χ0) is 28.8. The van der Waals surface area contributed by atoms with Crippen molar-refractivity contribution in [2.75, 3.05) is 43.2 Å². The lowest BCUT2D eigenvalue weighted by Gasteiger charge is -2.19. The number of benzene rings is 3. The molecule has 0 saturated heterocycles. The Morgan fingerprint density at radius 2 is 1.73 bits per heavy atom. The molecule has 1 heterocycles. The van der Waals surface area contributed by atoms with Crippen molar-refractivity contribution in [1.82, 2.24) is 4.90 Å². The molecule has 0 radical (unpaired) electrons. The van der Waals surface area contributed by atoms with E-state index in [4.69, 9.17) is 0 Å². The number of hydrogen-bond acceptors (Lipinski definition) is 5. The highest BCUT2D eigenvalue weighted by Crippen LogP contribution is 2.38. The molecule has 0 unspecified atom stereocenters. The number of amides is 2. The number of hydrogen-bond donors (Lipinski definition) is 3. The Bertz CT molecular complexity index is 1450. The Kier molecular flexibility index (Phi) is 8.96. The number of rotatable bonds is 11. The first-order chi connectivity index (χ1) is 19.1. The van der Waals surface area contributed by atoms with Crippen molar-refractivity contribution in [3.05, 3.63) is 89.2 Å². The van der Waals surface area contributed by atoms with E-state index in [2.05, 4.69) is 15.5 Å². The molecule has 1 aliphatic rings. The molecule has 1 aliphatic heterocycles. The van der Waals surface area contributed by atoms with E-state index in [-0.39, 0.29) is 12.3 Å². The summed E-state index contributed by atoms with van der Waals surface area (Å²) in [4.78, 5) is 40.8. The van der Waals surface area contributed by atoms with E-state index in [1.165, 1.54) is 12.1 Å². The first kappa shape index (κ1) is 28.5. The van der Waals surface area contributed by atoms with Crippen LogP contribution in [0.2, 0.25) is 0 Å². The summed E-state index contributed by atoms with van der Waals surface area (Å²) < 4.78 is 13.9. The van der Waals surface area contributed by atoms with Crippen molar-refractivity contribution < 1.29 is 23.9 Å². The summed E-state index contributed by atoms with van der Waals surface area (Å²) in [5.41, 5.74) is 4.24. The lowest BCUT2D eigenvalue weighted by atomic mass is 9.98. The summed E-state index contributed by atoms with van der Waals surface area (Å²) in [5.74, 6) is -1.80. The van der Waals surface area contributed by atoms with E-state index in [1.54, 1.807) is 42.3 Å². The van der Waals surface area contributed by atoms with Gasteiger partial charge >= 0.3 is 5.97 Å². The fraction of sp³-hybridized carbons (Fsp3) is 0.258. The van der Waals surface area contributed by atoms with Crippen molar-refractivity contribution in [2.24, 2.45) is 0 Å². The quantitative estimate of drug-likeness (QED) is 0.230. The van der Waals surface area contributed by atoms with Gasteiger partial charge in [0.1, 0.15) is 5.82 Å². The molecule has 3 N–H and O–H groups in total. The summed E-state index contributed by atoms with van der Waals surface area (Å²) >= 11 is 0. The van der Waals surface area contributed by atoms with Crippen LogP contribution in [0.15, 0.2) is 66.7 Å². The third-order valence-corrected chi connectivity index (χ3v) is 6.69. The van der Waals surface area contributed by atoms with Crippen LogP contribution in [0.5, 0.6) is 0 Å². The van der Waals surface area contributed by atoms with Gasteiger partial charge in [-0.2, -0.15) is 0 Å². The number of unbranched alkanes of at least 4 members (excludes halogenated alkanes) is 1. The van der Waals surface area contributed by atoms with Gasteiger partial charge in [0, 0.05) is 30.4 Å². The molecular weight excluding hydrogens is 511 g/mol. The van der Waals surface area contributed by atoms with Crippen molar-refractivity contribution in [3.63, 3.8) is 0 Å². The number of nitrogens with one attached hydrogen (secondary N) is 2. The second-order valence-electron chi connectivity index (χ2n) is 10.0. The Morgan fingerprint density at radius 1 is 0.975 bits per heavy atom. The van der Waals surface area contributed by atoms with Crippen LogP contribution in [0.3, 0.4) is 0 Å². The van der Waals surface area contributed by atoms with E-state index in [1.807, 2.05) is 38.4 Å². The number of carbonyl (C=O) groups is 3. The maximum Gasteiger partial charge on any atom is 0.307 e. The third-order valence-electron chi connectivity index (χ3n) is 6.69. The van der Waals surface area contributed by atoms with Crippen LogP contribution in [0.25, 0.3) is 11.3 Å². The average molecular weight is 545 g/mol. The minimum atomic E-state index is -0.967.